The molecular formula is C84H54N2O2. The van der Waals surface area contributed by atoms with Crippen molar-refractivity contribution in [3.63, 3.8) is 0 Å². The summed E-state index contributed by atoms with van der Waals surface area (Å²) in [4.78, 5) is 2.35. The molecule has 0 saturated carbocycles. The van der Waals surface area contributed by atoms with Crippen molar-refractivity contribution < 1.29 is 8.83 Å². The smallest absolute Gasteiger partial charge is 0.143 e. The number of rotatable bonds is 11. The van der Waals surface area contributed by atoms with Crippen LogP contribution in [0.1, 0.15) is 0 Å². The molecule has 0 aliphatic heterocycles. The lowest BCUT2D eigenvalue weighted by Crippen LogP contribution is -2.09. The molecule has 4 heteroatoms. The molecule has 17 aromatic rings. The number of nitrogens with zero attached hydrogens (tertiary/aromatic N) is 2. The minimum absolute atomic E-state index is 0.889. The molecule has 0 radical (unpaired) electrons. The zero-order valence-electron chi connectivity index (χ0n) is 47.9. The first-order valence-corrected chi connectivity index (χ1v) is 30.0. The first-order valence-electron chi connectivity index (χ1n) is 30.0. The highest BCUT2D eigenvalue weighted by Gasteiger charge is 2.20. The molecule has 0 saturated heterocycles. The number of furan rings is 2. The Morgan fingerprint density at radius 3 is 0.886 bits per heavy atom. The molecule has 0 atom stereocenters. The van der Waals surface area contributed by atoms with Gasteiger partial charge in [0.05, 0.1) is 11.0 Å². The highest BCUT2D eigenvalue weighted by molar-refractivity contribution is 6.15. The van der Waals surface area contributed by atoms with Crippen LogP contribution < -0.4 is 4.90 Å². The van der Waals surface area contributed by atoms with E-state index in [9.17, 15) is 0 Å². The Hall–Kier alpha value is -11.7. The van der Waals surface area contributed by atoms with Gasteiger partial charge < -0.3 is 18.3 Å². The Morgan fingerprint density at radius 2 is 0.511 bits per heavy atom. The quantitative estimate of drug-likeness (QED) is 0.129. The van der Waals surface area contributed by atoms with Gasteiger partial charge in [-0.1, -0.05) is 243 Å². The number of hydrogen-bond donors (Lipinski definition) is 0. The van der Waals surface area contributed by atoms with Crippen LogP contribution in [0.15, 0.2) is 336 Å². The largest absolute Gasteiger partial charge is 0.455 e. The molecule has 0 bridgehead atoms. The van der Waals surface area contributed by atoms with E-state index in [0.717, 1.165) is 122 Å². The van der Waals surface area contributed by atoms with Gasteiger partial charge in [0.1, 0.15) is 22.3 Å². The standard InChI is InChI=1S/C84H54N2O2/c1-3-13-55(14-4-1)57-25-29-59(30-26-57)61-33-43-67(44-34-61)85(68-45-35-62(36-46-68)60-31-27-58(28-32-60)56-15-5-2-6-16-56)69-47-37-63(38-48-69)64-39-49-70(50-40-64)86-79-51-41-65(71-19-11-21-75-73-17-7-9-23-81(73)87-83(71)75)53-77(79)78-54-66(42-52-80(78)86)72-20-12-22-76-74-18-8-10-24-82(74)88-84(72)76/h1-54H. The fourth-order valence-corrected chi connectivity index (χ4v) is 13.2. The molecule has 0 fully saturated rings. The average molecular weight is 1120 g/mol. The molecular weight excluding hydrogens is 1070 g/mol. The molecule has 0 unspecified atom stereocenters. The van der Waals surface area contributed by atoms with Gasteiger partial charge in [0, 0.05) is 66.2 Å². The van der Waals surface area contributed by atoms with Gasteiger partial charge in [-0.05, 0) is 152 Å². The van der Waals surface area contributed by atoms with E-state index in [2.05, 4.69) is 325 Å². The lowest BCUT2D eigenvalue weighted by molar-refractivity contribution is 0.669. The van der Waals surface area contributed by atoms with Gasteiger partial charge in [0.15, 0.2) is 0 Å². The van der Waals surface area contributed by atoms with E-state index in [-0.39, 0.29) is 0 Å². The van der Waals surface area contributed by atoms with Crippen LogP contribution >= 0.6 is 0 Å². The predicted octanol–water partition coefficient (Wildman–Crippen LogP) is 23.7. The first kappa shape index (κ1) is 50.8. The monoisotopic (exact) mass is 1120 g/mol. The Balaban J connectivity index is 0.723. The zero-order chi connectivity index (χ0) is 58.1. The third-order valence-electron chi connectivity index (χ3n) is 17.7. The molecule has 0 amide bonds. The van der Waals surface area contributed by atoms with Crippen molar-refractivity contribution in [1.82, 2.24) is 4.57 Å². The van der Waals surface area contributed by atoms with Crippen molar-refractivity contribution in [3.8, 4) is 83.6 Å². The highest BCUT2D eigenvalue weighted by Crippen LogP contribution is 2.44. The molecule has 3 heterocycles. The first-order chi connectivity index (χ1) is 43.6. The number of benzene rings is 14. The van der Waals surface area contributed by atoms with Crippen molar-refractivity contribution in [3.05, 3.63) is 328 Å². The molecule has 412 valence electrons. The SMILES string of the molecule is c1ccc(-c2ccc(-c3ccc(N(c4ccc(-c5ccc(-c6ccccc6)cc5)cc4)c4ccc(-c5ccc(-n6c7ccc(-c8cccc9c8oc8ccccc89)cc7c7cc(-c8cccc9c8oc8ccccc89)ccc76)cc5)cc4)cc3)cc2)cc1. The summed E-state index contributed by atoms with van der Waals surface area (Å²) in [5.74, 6) is 0. The maximum absolute atomic E-state index is 6.60. The van der Waals surface area contributed by atoms with E-state index in [0.29, 0.717) is 0 Å². The lowest BCUT2D eigenvalue weighted by atomic mass is 9.98. The van der Waals surface area contributed by atoms with Crippen LogP contribution in [0.5, 0.6) is 0 Å². The Morgan fingerprint density at radius 1 is 0.216 bits per heavy atom. The topological polar surface area (TPSA) is 34.5 Å². The number of para-hydroxylation sites is 4. The third kappa shape index (κ3) is 8.85. The predicted molar refractivity (Wildman–Crippen MR) is 368 cm³/mol. The van der Waals surface area contributed by atoms with Gasteiger partial charge in [-0.25, -0.2) is 0 Å². The van der Waals surface area contributed by atoms with Gasteiger partial charge in [0.25, 0.3) is 0 Å². The van der Waals surface area contributed by atoms with Gasteiger partial charge in [-0.15, -0.1) is 0 Å². The minimum Gasteiger partial charge on any atom is -0.455 e. The normalized spacial score (nSPS) is 11.6. The summed E-state index contributed by atoms with van der Waals surface area (Å²) in [6.07, 6.45) is 0. The summed E-state index contributed by atoms with van der Waals surface area (Å²) < 4.78 is 15.6. The van der Waals surface area contributed by atoms with Crippen LogP contribution in [0, 0.1) is 0 Å². The Kier molecular flexibility index (Phi) is 12.2. The van der Waals surface area contributed by atoms with E-state index >= 15 is 0 Å². The summed E-state index contributed by atoms with van der Waals surface area (Å²) in [7, 11) is 0. The van der Waals surface area contributed by atoms with Crippen LogP contribution in [-0.2, 0) is 0 Å². The summed E-state index contributed by atoms with van der Waals surface area (Å²) in [6.45, 7) is 0. The summed E-state index contributed by atoms with van der Waals surface area (Å²) in [5.41, 5.74) is 26.2. The summed E-state index contributed by atoms with van der Waals surface area (Å²) in [6, 6.07) is 118. The van der Waals surface area contributed by atoms with Crippen molar-refractivity contribution >= 4 is 82.7 Å². The molecule has 0 aliphatic rings. The Bertz CT molecular complexity index is 5130. The maximum atomic E-state index is 6.60. The number of aromatic nitrogens is 1. The van der Waals surface area contributed by atoms with Crippen molar-refractivity contribution in [2.75, 3.05) is 4.90 Å². The zero-order valence-corrected chi connectivity index (χ0v) is 47.9. The van der Waals surface area contributed by atoms with Crippen LogP contribution in [-0.4, -0.2) is 4.57 Å². The molecule has 0 N–H and O–H groups in total. The third-order valence-corrected chi connectivity index (χ3v) is 17.7. The van der Waals surface area contributed by atoms with Crippen LogP contribution in [0.4, 0.5) is 17.1 Å². The molecule has 17 rings (SSSR count). The fourth-order valence-electron chi connectivity index (χ4n) is 13.2. The van der Waals surface area contributed by atoms with E-state index in [1.165, 1.54) is 44.5 Å². The van der Waals surface area contributed by atoms with Gasteiger partial charge in [-0.3, -0.25) is 0 Å². The van der Waals surface area contributed by atoms with Gasteiger partial charge in [-0.2, -0.15) is 0 Å². The number of hydrogen-bond acceptors (Lipinski definition) is 3. The van der Waals surface area contributed by atoms with Crippen LogP contribution in [0.2, 0.25) is 0 Å². The Labute approximate surface area is 509 Å². The molecule has 0 spiro atoms. The number of anilines is 3. The second kappa shape index (κ2) is 21.1. The fraction of sp³-hybridized carbons (Fsp3) is 0. The molecule has 3 aromatic heterocycles. The summed E-state index contributed by atoms with van der Waals surface area (Å²) in [5, 5.41) is 6.78. The van der Waals surface area contributed by atoms with E-state index in [1.54, 1.807) is 0 Å². The van der Waals surface area contributed by atoms with Crippen molar-refractivity contribution in [1.29, 1.82) is 0 Å². The molecule has 14 aromatic carbocycles. The maximum Gasteiger partial charge on any atom is 0.143 e. The molecule has 0 aliphatic carbocycles. The average Bonchev–Trinajstić information content (AvgIpc) is 1.75. The van der Waals surface area contributed by atoms with Gasteiger partial charge in [0.2, 0.25) is 0 Å². The van der Waals surface area contributed by atoms with Crippen molar-refractivity contribution in [2.45, 2.75) is 0 Å². The number of fused-ring (bicyclic) bond motifs is 9. The van der Waals surface area contributed by atoms with E-state index in [1.807, 2.05) is 12.1 Å². The summed E-state index contributed by atoms with van der Waals surface area (Å²) >= 11 is 0. The molecule has 4 nitrogen and oxygen atoms in total. The second-order valence-electron chi connectivity index (χ2n) is 22.8. The van der Waals surface area contributed by atoms with E-state index in [4.69, 9.17) is 8.83 Å². The second-order valence-corrected chi connectivity index (χ2v) is 22.8. The van der Waals surface area contributed by atoms with Crippen LogP contribution in [0.3, 0.4) is 0 Å². The molecule has 88 heavy (non-hydrogen) atoms. The van der Waals surface area contributed by atoms with Gasteiger partial charge >= 0.3 is 0 Å². The van der Waals surface area contributed by atoms with Crippen LogP contribution in [0.25, 0.3) is 149 Å². The lowest BCUT2D eigenvalue weighted by Gasteiger charge is -2.26. The minimum atomic E-state index is 0.889. The highest BCUT2D eigenvalue weighted by atomic mass is 16.3. The van der Waals surface area contributed by atoms with E-state index < -0.39 is 0 Å². The van der Waals surface area contributed by atoms with Crippen molar-refractivity contribution in [2.24, 2.45) is 0 Å².